The summed E-state index contributed by atoms with van der Waals surface area (Å²) < 4.78 is 0. The minimum Gasteiger partial charge on any atom is -0.329 e. The van der Waals surface area contributed by atoms with Gasteiger partial charge in [-0.2, -0.15) is 0 Å². The van der Waals surface area contributed by atoms with Crippen molar-refractivity contribution >= 4 is 40.7 Å². The van der Waals surface area contributed by atoms with Crippen molar-refractivity contribution in [3.8, 4) is 0 Å². The highest BCUT2D eigenvalue weighted by Gasteiger charge is 2.36. The van der Waals surface area contributed by atoms with Crippen molar-refractivity contribution in [2.24, 2.45) is 5.92 Å². The molecule has 114 valence electrons. The molecule has 4 nitrogen and oxygen atoms in total. The minimum atomic E-state index is -0.486. The van der Waals surface area contributed by atoms with Crippen molar-refractivity contribution < 1.29 is 9.59 Å². The Morgan fingerprint density at radius 2 is 1.95 bits per heavy atom. The first-order chi connectivity index (χ1) is 9.82. The van der Waals surface area contributed by atoms with E-state index >= 15 is 0 Å². The van der Waals surface area contributed by atoms with Crippen molar-refractivity contribution in [2.45, 2.75) is 26.8 Å². The molecule has 1 aromatic carbocycles. The van der Waals surface area contributed by atoms with E-state index in [1.807, 2.05) is 13.8 Å². The summed E-state index contributed by atoms with van der Waals surface area (Å²) in [5, 5.41) is 0.963. The van der Waals surface area contributed by atoms with Gasteiger partial charge in [-0.05, 0) is 25.1 Å². The largest absolute Gasteiger partial charge is 0.329 e. The number of rotatable bonds is 2. The molecule has 2 amide bonds. The number of carbonyl (C=O) groups excluding carboxylic acids is 2. The molecule has 1 heterocycles. The summed E-state index contributed by atoms with van der Waals surface area (Å²) in [6.07, 6.45) is 0. The molecule has 1 fully saturated rings. The van der Waals surface area contributed by atoms with E-state index < -0.39 is 6.04 Å². The molecule has 1 aliphatic heterocycles. The summed E-state index contributed by atoms with van der Waals surface area (Å²) in [6, 6.07) is 4.56. The Bertz CT molecular complexity index is 575. The zero-order valence-corrected chi connectivity index (χ0v) is 13.8. The van der Waals surface area contributed by atoms with Crippen LogP contribution in [0, 0.1) is 5.92 Å². The van der Waals surface area contributed by atoms with E-state index in [0.717, 1.165) is 0 Å². The molecule has 6 heteroatoms. The predicted molar refractivity (Wildman–Crippen MR) is 84.8 cm³/mol. The van der Waals surface area contributed by atoms with Crippen molar-refractivity contribution in [1.29, 1.82) is 0 Å². The van der Waals surface area contributed by atoms with Crippen LogP contribution >= 0.6 is 23.2 Å². The van der Waals surface area contributed by atoms with Gasteiger partial charge < -0.3 is 9.80 Å². The van der Waals surface area contributed by atoms with Gasteiger partial charge >= 0.3 is 0 Å². The highest BCUT2D eigenvalue weighted by molar-refractivity contribution is 6.36. The lowest BCUT2D eigenvalue weighted by atomic mass is 10.1. The molecule has 2 rings (SSSR count). The van der Waals surface area contributed by atoms with E-state index in [4.69, 9.17) is 23.2 Å². The van der Waals surface area contributed by atoms with Gasteiger partial charge in [-0.15, -0.1) is 0 Å². The van der Waals surface area contributed by atoms with E-state index in [1.54, 1.807) is 34.9 Å². The van der Waals surface area contributed by atoms with E-state index in [2.05, 4.69) is 0 Å². The fourth-order valence-corrected chi connectivity index (χ4v) is 2.95. The minimum absolute atomic E-state index is 0.00213. The quantitative estimate of drug-likeness (QED) is 0.836. The highest BCUT2D eigenvalue weighted by Crippen LogP contribution is 2.31. The predicted octanol–water partition coefficient (Wildman–Crippen LogP) is 3.21. The second-order valence-electron chi connectivity index (χ2n) is 5.45. The molecular formula is C15H18Cl2N2O2. The Morgan fingerprint density at radius 1 is 1.29 bits per heavy atom. The van der Waals surface area contributed by atoms with Gasteiger partial charge in [0, 0.05) is 24.0 Å². The number of nitrogens with zero attached hydrogens (tertiary/aromatic N) is 2. The van der Waals surface area contributed by atoms with Crippen LogP contribution in [-0.4, -0.2) is 35.8 Å². The molecule has 1 atom stereocenters. The van der Waals surface area contributed by atoms with Crippen LogP contribution in [0.4, 0.5) is 5.69 Å². The van der Waals surface area contributed by atoms with E-state index in [1.165, 1.54) is 0 Å². The van der Waals surface area contributed by atoms with Crippen LogP contribution in [0.15, 0.2) is 18.2 Å². The number of piperazine rings is 1. The van der Waals surface area contributed by atoms with Crippen molar-refractivity contribution in [3.05, 3.63) is 28.2 Å². The van der Waals surface area contributed by atoms with E-state index in [0.29, 0.717) is 28.8 Å². The van der Waals surface area contributed by atoms with Gasteiger partial charge in [0.05, 0.1) is 10.7 Å². The third kappa shape index (κ3) is 3.16. The Balaban J connectivity index is 2.23. The molecule has 21 heavy (non-hydrogen) atoms. The van der Waals surface area contributed by atoms with E-state index in [-0.39, 0.29) is 17.7 Å². The smallest absolute Gasteiger partial charge is 0.249 e. The summed E-state index contributed by atoms with van der Waals surface area (Å²) in [5.41, 5.74) is 0.634. The number of amides is 2. The third-order valence-electron chi connectivity index (χ3n) is 3.63. The Morgan fingerprint density at radius 3 is 2.52 bits per heavy atom. The number of carbonyl (C=O) groups is 2. The normalized spacial score (nSPS) is 19.3. The van der Waals surface area contributed by atoms with Crippen LogP contribution in [0.5, 0.6) is 0 Å². The van der Waals surface area contributed by atoms with Gasteiger partial charge in [0.15, 0.2) is 0 Å². The third-order valence-corrected chi connectivity index (χ3v) is 4.17. The molecule has 0 aliphatic carbocycles. The van der Waals surface area contributed by atoms with Crippen LogP contribution in [0.25, 0.3) is 0 Å². The molecule has 1 saturated heterocycles. The van der Waals surface area contributed by atoms with Crippen molar-refractivity contribution in [3.63, 3.8) is 0 Å². The fraction of sp³-hybridized carbons (Fsp3) is 0.467. The number of benzene rings is 1. The maximum atomic E-state index is 12.5. The van der Waals surface area contributed by atoms with Gasteiger partial charge in [0.1, 0.15) is 6.04 Å². The van der Waals surface area contributed by atoms with Crippen molar-refractivity contribution in [1.82, 2.24) is 4.90 Å². The highest BCUT2D eigenvalue weighted by atomic mass is 35.5. The maximum absolute atomic E-state index is 12.5. The Kier molecular flexibility index (Phi) is 4.79. The molecule has 0 saturated carbocycles. The molecule has 1 aliphatic rings. The summed E-state index contributed by atoms with van der Waals surface area (Å²) in [6.45, 7) is 6.36. The molecule has 0 aromatic heterocycles. The zero-order chi connectivity index (χ0) is 15.7. The average Bonchev–Trinajstić information content (AvgIpc) is 2.42. The van der Waals surface area contributed by atoms with Crippen LogP contribution in [0.2, 0.25) is 10.0 Å². The second-order valence-corrected chi connectivity index (χ2v) is 6.29. The van der Waals surface area contributed by atoms with Crippen LogP contribution in [-0.2, 0) is 9.59 Å². The molecule has 1 aromatic rings. The van der Waals surface area contributed by atoms with Gasteiger partial charge in [-0.25, -0.2) is 0 Å². The molecule has 0 N–H and O–H groups in total. The number of hydrogen-bond acceptors (Lipinski definition) is 2. The molecule has 0 unspecified atom stereocenters. The second kappa shape index (κ2) is 6.24. The molecule has 0 bridgehead atoms. The summed E-state index contributed by atoms with van der Waals surface area (Å²) >= 11 is 12.0. The first kappa shape index (κ1) is 16.1. The lowest BCUT2D eigenvalue weighted by molar-refractivity contribution is -0.143. The number of hydrogen-bond donors (Lipinski definition) is 0. The van der Waals surface area contributed by atoms with Crippen LogP contribution in [0.1, 0.15) is 20.8 Å². The lowest BCUT2D eigenvalue weighted by Gasteiger charge is -2.40. The number of anilines is 1. The maximum Gasteiger partial charge on any atom is 0.249 e. The first-order valence-corrected chi connectivity index (χ1v) is 7.65. The molecule has 0 radical (unpaired) electrons. The topological polar surface area (TPSA) is 40.6 Å². The lowest BCUT2D eigenvalue weighted by Crippen LogP contribution is -2.58. The Labute approximate surface area is 134 Å². The van der Waals surface area contributed by atoms with Gasteiger partial charge in [0.25, 0.3) is 0 Å². The van der Waals surface area contributed by atoms with Gasteiger partial charge in [-0.3, -0.25) is 9.59 Å². The van der Waals surface area contributed by atoms with Gasteiger partial charge in [0.2, 0.25) is 11.8 Å². The fourth-order valence-electron chi connectivity index (χ4n) is 2.44. The van der Waals surface area contributed by atoms with Crippen LogP contribution in [0.3, 0.4) is 0 Å². The Hall–Kier alpha value is -1.26. The van der Waals surface area contributed by atoms with Gasteiger partial charge in [-0.1, -0.05) is 37.0 Å². The van der Waals surface area contributed by atoms with E-state index in [9.17, 15) is 9.59 Å². The first-order valence-electron chi connectivity index (χ1n) is 6.90. The monoisotopic (exact) mass is 328 g/mol. The average molecular weight is 329 g/mol. The zero-order valence-electron chi connectivity index (χ0n) is 12.3. The van der Waals surface area contributed by atoms with Crippen LogP contribution < -0.4 is 4.90 Å². The standard InChI is InChI=1S/C15H18Cl2N2O2/c1-9(2)14(20)18-6-7-19(15(21)10(18)3)13-5-4-11(16)8-12(13)17/h4-5,8-10H,6-7H2,1-3H3/t10-/m1/s1. The molecular weight excluding hydrogens is 311 g/mol. The summed E-state index contributed by atoms with van der Waals surface area (Å²) in [5.74, 6) is -0.247. The number of halogens is 2. The summed E-state index contributed by atoms with van der Waals surface area (Å²) in [7, 11) is 0. The SMILES string of the molecule is CC(C)C(=O)N1CCN(c2ccc(Cl)cc2Cl)C(=O)[C@H]1C. The summed E-state index contributed by atoms with van der Waals surface area (Å²) in [4.78, 5) is 27.9. The van der Waals surface area contributed by atoms with Crippen molar-refractivity contribution in [2.75, 3.05) is 18.0 Å². The molecule has 0 spiro atoms.